The molecule has 8 rings (SSSR count). The van der Waals surface area contributed by atoms with Crippen molar-refractivity contribution in [1.29, 1.82) is 0 Å². The minimum absolute atomic E-state index is 0.0223. The van der Waals surface area contributed by atoms with Gasteiger partial charge < -0.3 is 118 Å². The second-order valence-electron chi connectivity index (χ2n) is 22.4. The summed E-state index contributed by atoms with van der Waals surface area (Å²) < 4.78 is 64.5. The Morgan fingerprint density at radius 3 is 1.79 bits per heavy atom. The van der Waals surface area contributed by atoms with E-state index in [4.69, 9.17) is 52.1 Å². The number of rotatable bonds is 17. The van der Waals surface area contributed by atoms with Gasteiger partial charge in [-0.25, -0.2) is 9.59 Å². The molecule has 26 heteroatoms. The summed E-state index contributed by atoms with van der Waals surface area (Å²) >= 11 is 0. The van der Waals surface area contributed by atoms with E-state index in [2.05, 4.69) is 0 Å². The summed E-state index contributed by atoms with van der Waals surface area (Å²) in [6.07, 6.45) is -23.6. The number of aliphatic hydroxyl groups excluding tert-OH is 13. The lowest BCUT2D eigenvalue weighted by Crippen LogP contribution is -2.66. The minimum Gasteiger partial charge on any atom is -0.460 e. The van der Waals surface area contributed by atoms with Crippen LogP contribution >= 0.6 is 0 Å². The van der Waals surface area contributed by atoms with E-state index in [9.17, 15) is 76.0 Å². The molecule has 4 saturated heterocycles. The van der Waals surface area contributed by atoms with Gasteiger partial charge in [-0.05, 0) is 76.0 Å². The number of methoxy groups -OCH3 is 2. The molecule has 4 saturated carbocycles. The molecule has 29 atom stereocenters. The third-order valence-corrected chi connectivity index (χ3v) is 17.2. The van der Waals surface area contributed by atoms with Crippen molar-refractivity contribution < 1.29 is 128 Å². The average Bonchev–Trinajstić information content (AvgIpc) is 3.44. The molecule has 4 aliphatic carbocycles. The van der Waals surface area contributed by atoms with Crippen LogP contribution in [0.1, 0.15) is 77.0 Å². The Morgan fingerprint density at radius 2 is 1.15 bits per heavy atom. The Labute approximate surface area is 451 Å². The highest BCUT2D eigenvalue weighted by atomic mass is 16.8. The fourth-order valence-electron chi connectivity index (χ4n) is 12.6. The monoisotopic (exact) mass is 1120 g/mol. The minimum atomic E-state index is -1.97. The number of hydrogen-bond acceptors (Lipinski definition) is 25. The number of fused-ring (bicyclic) bond motifs is 1. The molecule has 0 radical (unpaired) electrons. The van der Waals surface area contributed by atoms with Gasteiger partial charge in [0.25, 0.3) is 0 Å². The van der Waals surface area contributed by atoms with Gasteiger partial charge in [-0.1, -0.05) is 12.2 Å². The molecule has 14 N–H and O–H groups in total. The average molecular weight is 1120 g/mol. The van der Waals surface area contributed by atoms with Gasteiger partial charge in [0.05, 0.1) is 68.0 Å². The maximum absolute atomic E-state index is 13.4. The zero-order chi connectivity index (χ0) is 56.1. The number of hydrogen-bond donors (Lipinski definition) is 13. The summed E-state index contributed by atoms with van der Waals surface area (Å²) in [4.78, 5) is 26.6. The number of ether oxygens (including phenoxy) is 11. The number of aliphatic hydroxyl groups is 15. The molecule has 0 aromatic rings. The molecule has 0 spiro atoms. The van der Waals surface area contributed by atoms with E-state index in [1.807, 2.05) is 0 Å². The first-order chi connectivity index (χ1) is 37.3. The second-order valence-corrected chi connectivity index (χ2v) is 22.4. The third-order valence-electron chi connectivity index (χ3n) is 17.2. The van der Waals surface area contributed by atoms with E-state index in [0.717, 1.165) is 6.08 Å². The van der Waals surface area contributed by atoms with Gasteiger partial charge in [-0.15, -0.1) is 0 Å². The maximum Gasteiger partial charge on any atom is 0.330 e. The van der Waals surface area contributed by atoms with E-state index in [0.29, 0.717) is 44.9 Å². The molecule has 0 amide bonds. The van der Waals surface area contributed by atoms with E-state index >= 15 is 0 Å². The standard InChI is InChI=1S/C52H82O26/c1-68-34-13-22(3-8-28(34)56)5-11-39(60)70-21-38-43(64)45(66)49(78-51-48(41(62)31(59)20-71-51)77-40(61)12-6-23-4-9-29(57)35(14-23)69-2)52(76-38)74-36-18-26-32(72-47(36)24-7-10-27(55)30(58)15-24)16-25(54)17-33(26)73-50-46(67)44(65)42(63)37(19-53)75-50/h5-6,11-12,22-38,41-59,62-67H,3-4,7-10,13-21H2,1-2H3/p+1. The van der Waals surface area contributed by atoms with Crippen molar-refractivity contribution in [2.75, 3.05) is 34.0 Å². The molecular formula is C52H83O26+. The Morgan fingerprint density at radius 1 is 0.538 bits per heavy atom. The predicted molar refractivity (Wildman–Crippen MR) is 261 cm³/mol. The third kappa shape index (κ3) is 14.6. The first-order valence-electron chi connectivity index (χ1n) is 27.4. The molecule has 0 bridgehead atoms. The van der Waals surface area contributed by atoms with Crippen LogP contribution in [0.25, 0.3) is 0 Å². The van der Waals surface area contributed by atoms with Crippen LogP contribution < -0.4 is 0 Å². The second kappa shape index (κ2) is 27.7. The van der Waals surface area contributed by atoms with Crippen LogP contribution in [0.4, 0.5) is 0 Å². The maximum atomic E-state index is 13.4. The van der Waals surface area contributed by atoms with Crippen molar-refractivity contribution in [2.45, 2.75) is 230 Å². The number of carbonyl (C=O) groups is 2. The first-order valence-corrected chi connectivity index (χ1v) is 27.4. The number of allylic oxidation sites excluding steroid dienone is 2. The summed E-state index contributed by atoms with van der Waals surface area (Å²) in [6.45, 7) is -1.90. The molecule has 78 heavy (non-hydrogen) atoms. The SMILES string of the molecule is COC1CC(C=CC(=O)OCC2OC(OC3CC4C(OC5OC(CO)C(O)C(O)C5O)CC(O)CC4[OH+]C3C3CCC(O)C(O)C3)C(OC3OCC(O)C(O)C3OC(=O)C=CC3CCC(O)C(OC)C3)C(O)C2O)CCC1O. The molecule has 4 heterocycles. The van der Waals surface area contributed by atoms with Gasteiger partial charge >= 0.3 is 11.9 Å². The quantitative estimate of drug-likeness (QED) is 0.0370. The first kappa shape index (κ1) is 61.6. The molecule has 0 aromatic heterocycles. The lowest BCUT2D eigenvalue weighted by Gasteiger charge is -2.50. The van der Waals surface area contributed by atoms with Crippen molar-refractivity contribution in [3.63, 3.8) is 0 Å². The van der Waals surface area contributed by atoms with Crippen LogP contribution in [0.3, 0.4) is 0 Å². The lowest BCUT2D eigenvalue weighted by molar-refractivity contribution is -0.385. The normalized spacial score (nSPS) is 48.6. The van der Waals surface area contributed by atoms with Crippen LogP contribution in [0, 0.1) is 23.7 Å². The zero-order valence-corrected chi connectivity index (χ0v) is 43.8. The van der Waals surface area contributed by atoms with Crippen molar-refractivity contribution in [1.82, 2.24) is 0 Å². The molecule has 8 aliphatic rings. The topological polar surface area (TPSA) is 402 Å². The van der Waals surface area contributed by atoms with E-state index in [1.165, 1.54) is 20.3 Å². The molecule has 8 fully saturated rings. The van der Waals surface area contributed by atoms with Crippen molar-refractivity contribution in [3.05, 3.63) is 24.3 Å². The Hall–Kier alpha value is -2.46. The van der Waals surface area contributed by atoms with Crippen molar-refractivity contribution >= 4 is 11.9 Å². The Kier molecular flexibility index (Phi) is 21.9. The summed E-state index contributed by atoms with van der Waals surface area (Å²) in [5.74, 6) is -3.19. The van der Waals surface area contributed by atoms with E-state index < -0.39 is 197 Å². The smallest absolute Gasteiger partial charge is 0.330 e. The van der Waals surface area contributed by atoms with Gasteiger partial charge in [0.2, 0.25) is 0 Å². The van der Waals surface area contributed by atoms with Crippen LogP contribution in [-0.4, -0.2) is 270 Å². The number of carbonyl (C=O) groups excluding carboxylic acids is 2. The van der Waals surface area contributed by atoms with Gasteiger partial charge in [0.15, 0.2) is 37.2 Å². The van der Waals surface area contributed by atoms with E-state index in [-0.39, 0.29) is 43.9 Å². The van der Waals surface area contributed by atoms with Gasteiger partial charge in [-0.2, -0.15) is 0 Å². The Bertz CT molecular complexity index is 1960. The highest BCUT2D eigenvalue weighted by molar-refractivity contribution is 5.82. The lowest BCUT2D eigenvalue weighted by atomic mass is 9.72. The van der Waals surface area contributed by atoms with E-state index in [1.54, 1.807) is 12.2 Å². The zero-order valence-electron chi connectivity index (χ0n) is 43.8. The van der Waals surface area contributed by atoms with Gasteiger partial charge in [-0.3, -0.25) is 0 Å². The van der Waals surface area contributed by atoms with Crippen LogP contribution in [0.15, 0.2) is 24.3 Å². The largest absolute Gasteiger partial charge is 0.460 e. The molecule has 0 aromatic carbocycles. The van der Waals surface area contributed by atoms with Gasteiger partial charge in [0, 0.05) is 45.1 Å². The van der Waals surface area contributed by atoms with Crippen LogP contribution in [-0.2, 0) is 57.0 Å². The fraction of sp³-hybridized carbons (Fsp3) is 0.885. The highest BCUT2D eigenvalue weighted by Gasteiger charge is 2.58. The molecule has 4 aliphatic heterocycles. The molecular weight excluding hydrogens is 1040 g/mol. The predicted octanol–water partition coefficient (Wildman–Crippen LogP) is -4.65. The van der Waals surface area contributed by atoms with Crippen molar-refractivity contribution in [3.8, 4) is 0 Å². The molecule has 446 valence electrons. The summed E-state index contributed by atoms with van der Waals surface area (Å²) in [6, 6.07) is 0. The van der Waals surface area contributed by atoms with Crippen LogP contribution in [0.2, 0.25) is 0 Å². The molecule has 29 unspecified atom stereocenters. The highest BCUT2D eigenvalue weighted by Crippen LogP contribution is 2.44. The Balaban J connectivity index is 1.06. The van der Waals surface area contributed by atoms with Crippen LogP contribution in [0.5, 0.6) is 0 Å². The summed E-state index contributed by atoms with van der Waals surface area (Å²) in [5, 5.41) is 141. The molecule has 26 nitrogen and oxygen atoms in total. The van der Waals surface area contributed by atoms with Crippen molar-refractivity contribution in [2.24, 2.45) is 23.7 Å². The summed E-state index contributed by atoms with van der Waals surface area (Å²) in [5.41, 5.74) is 0. The van der Waals surface area contributed by atoms with Gasteiger partial charge in [0.1, 0.15) is 73.8 Å². The fourth-order valence-corrected chi connectivity index (χ4v) is 12.6. The number of esters is 2. The summed E-state index contributed by atoms with van der Waals surface area (Å²) in [7, 11) is 2.96.